The first kappa shape index (κ1) is 41.8. The molecular weight excluding hydrogens is 853 g/mol. The third-order valence-electron chi connectivity index (χ3n) is 13.9. The highest BCUT2D eigenvalue weighted by molar-refractivity contribution is 6.09. The second-order valence-corrected chi connectivity index (χ2v) is 23.3. The predicted molar refractivity (Wildman–Crippen MR) is 298 cm³/mol. The summed E-state index contributed by atoms with van der Waals surface area (Å²) in [6.07, 6.45) is 1.76. The summed E-state index contributed by atoms with van der Waals surface area (Å²) in [6, 6.07) is 44.8. The van der Waals surface area contributed by atoms with Gasteiger partial charge in [0.05, 0.1) is 34.6 Å². The largest absolute Gasteiger partial charge is 0.457 e. The topological polar surface area (TPSA) is 42.3 Å². The lowest BCUT2D eigenvalue weighted by molar-refractivity contribution is 0.483. The zero-order chi connectivity index (χ0) is 53.0. The van der Waals surface area contributed by atoms with Crippen LogP contribution < -0.4 is 15.0 Å². The van der Waals surface area contributed by atoms with E-state index < -0.39 is 0 Å². The molecule has 1 aliphatic heterocycles. The van der Waals surface area contributed by atoms with Crippen molar-refractivity contribution >= 4 is 38.9 Å². The Morgan fingerprint density at radius 3 is 1.89 bits per heavy atom. The van der Waals surface area contributed by atoms with Crippen molar-refractivity contribution in [3.05, 3.63) is 186 Å². The van der Waals surface area contributed by atoms with E-state index in [9.17, 15) is 0 Å². The molecule has 70 heavy (non-hydrogen) atoms. The van der Waals surface area contributed by atoms with Crippen molar-refractivity contribution in [2.45, 2.75) is 112 Å². The third kappa shape index (κ3) is 8.76. The Hall–Kier alpha value is -7.11. The molecule has 0 spiro atoms. The van der Waals surface area contributed by atoms with Crippen LogP contribution in [0.15, 0.2) is 158 Å². The van der Waals surface area contributed by atoms with Gasteiger partial charge in [-0.05, 0) is 145 Å². The fourth-order valence-electron chi connectivity index (χ4n) is 9.80. The van der Waals surface area contributed by atoms with E-state index in [-0.39, 0.29) is 45.8 Å². The normalized spacial score (nSPS) is 14.0. The van der Waals surface area contributed by atoms with Gasteiger partial charge in [0, 0.05) is 40.4 Å². The SMILES string of the molecule is [2H]c1c([2H])c([2H])c2c(c1[2H])c1ccc(Oc3cc(C)cc(N4CNc5c(-c6c(-c7ccccc7)cc(C(C)(C)C)cc6-c6cc(C(C)(C)C)cc(C(C)(C)C)c6)cccc54)c3)cc1n2-c1cc(C(C)(C)C)ccn1. The fraction of sp³-hybridized carbons (Fsp3) is 0.277. The molecule has 0 unspecified atom stereocenters. The lowest BCUT2D eigenvalue weighted by Crippen LogP contribution is -2.17. The van der Waals surface area contributed by atoms with E-state index >= 15 is 0 Å². The van der Waals surface area contributed by atoms with E-state index in [1.54, 1.807) is 6.20 Å². The second-order valence-electron chi connectivity index (χ2n) is 23.3. The van der Waals surface area contributed by atoms with Crippen molar-refractivity contribution in [3.8, 4) is 50.7 Å². The molecule has 2 aromatic heterocycles. The zero-order valence-electron chi connectivity index (χ0n) is 47.2. The molecule has 5 heteroatoms. The van der Waals surface area contributed by atoms with Crippen LogP contribution in [-0.2, 0) is 21.7 Å². The van der Waals surface area contributed by atoms with Gasteiger partial charge in [-0.15, -0.1) is 0 Å². The van der Waals surface area contributed by atoms with Crippen molar-refractivity contribution in [3.63, 3.8) is 0 Å². The lowest BCUT2D eigenvalue weighted by Gasteiger charge is -2.29. The summed E-state index contributed by atoms with van der Waals surface area (Å²) in [5.41, 5.74) is 16.8. The monoisotopic (exact) mass is 925 g/mol. The predicted octanol–water partition coefficient (Wildman–Crippen LogP) is 18.0. The van der Waals surface area contributed by atoms with Gasteiger partial charge in [0.25, 0.3) is 0 Å². The average Bonchev–Trinajstić information content (AvgIpc) is 3.94. The van der Waals surface area contributed by atoms with Crippen molar-refractivity contribution in [1.82, 2.24) is 9.55 Å². The van der Waals surface area contributed by atoms with Gasteiger partial charge >= 0.3 is 0 Å². The highest BCUT2D eigenvalue weighted by Crippen LogP contribution is 2.51. The van der Waals surface area contributed by atoms with Crippen LogP contribution in [0.2, 0.25) is 0 Å². The molecule has 0 fully saturated rings. The minimum atomic E-state index is -0.288. The lowest BCUT2D eigenvalue weighted by atomic mass is 9.76. The van der Waals surface area contributed by atoms with Crippen molar-refractivity contribution in [1.29, 1.82) is 0 Å². The molecule has 0 aliphatic carbocycles. The molecule has 354 valence electrons. The van der Waals surface area contributed by atoms with Crippen molar-refractivity contribution in [2.75, 3.05) is 16.9 Å². The van der Waals surface area contributed by atoms with Crippen LogP contribution in [0.1, 0.15) is 116 Å². The summed E-state index contributed by atoms with van der Waals surface area (Å²) in [5.74, 6) is 1.79. The Morgan fingerprint density at radius 2 is 1.20 bits per heavy atom. The van der Waals surface area contributed by atoms with Gasteiger partial charge < -0.3 is 15.0 Å². The number of rotatable bonds is 7. The zero-order valence-corrected chi connectivity index (χ0v) is 43.2. The molecular formula is C65H68N4O. The van der Waals surface area contributed by atoms with Crippen LogP contribution in [0.25, 0.3) is 61.0 Å². The van der Waals surface area contributed by atoms with Gasteiger partial charge in [-0.1, -0.05) is 162 Å². The minimum absolute atomic E-state index is 0.0617. The number of benzene rings is 7. The van der Waals surface area contributed by atoms with Gasteiger partial charge in [-0.3, -0.25) is 4.57 Å². The number of fused-ring (bicyclic) bond motifs is 4. The van der Waals surface area contributed by atoms with E-state index in [4.69, 9.17) is 15.2 Å². The number of ether oxygens (including phenoxy) is 1. The number of nitrogens with one attached hydrogen (secondary N) is 1. The van der Waals surface area contributed by atoms with Crippen LogP contribution in [0.3, 0.4) is 0 Å². The number of pyridine rings is 1. The van der Waals surface area contributed by atoms with E-state index in [1.807, 2.05) is 41.0 Å². The maximum atomic E-state index is 9.11. The molecule has 0 bridgehead atoms. The summed E-state index contributed by atoms with van der Waals surface area (Å²) >= 11 is 0. The standard InChI is InChI=1S/C65H68N4O/c1-41-30-48(38-50(31-41)70-49-26-27-52-51-22-17-18-24-56(51)69(58(52)39-49)59-37-44(28-29-66-59)62(2,3)4)68-40-67-61-53(23-19-25-57(61)68)60-54(42-20-15-14-16-21-42)35-47(65(11,12)13)36-55(60)43-32-45(63(5,6)7)34-46(33-43)64(8,9)10/h14-39,67H,40H2,1-13H3/i17D,18D,22D,24D. The van der Waals surface area contributed by atoms with Crippen molar-refractivity contribution in [2.24, 2.45) is 0 Å². The summed E-state index contributed by atoms with van der Waals surface area (Å²) in [4.78, 5) is 7.10. The summed E-state index contributed by atoms with van der Waals surface area (Å²) in [7, 11) is 0. The number of hydrogen-bond donors (Lipinski definition) is 1. The molecule has 9 aromatic rings. The number of anilines is 3. The van der Waals surface area contributed by atoms with Gasteiger partial charge in [-0.2, -0.15) is 0 Å². The van der Waals surface area contributed by atoms with Crippen LogP contribution in [-0.4, -0.2) is 16.2 Å². The van der Waals surface area contributed by atoms with Crippen LogP contribution in [0.5, 0.6) is 11.5 Å². The molecule has 5 nitrogen and oxygen atoms in total. The summed E-state index contributed by atoms with van der Waals surface area (Å²) < 4.78 is 44.0. The van der Waals surface area contributed by atoms with Crippen LogP contribution in [0.4, 0.5) is 17.1 Å². The molecule has 0 amide bonds. The summed E-state index contributed by atoms with van der Waals surface area (Å²) in [5, 5.41) is 5.01. The first-order chi connectivity index (χ1) is 34.8. The Labute approximate surface area is 421 Å². The fourth-order valence-corrected chi connectivity index (χ4v) is 9.80. The van der Waals surface area contributed by atoms with Crippen molar-refractivity contribution < 1.29 is 10.2 Å². The average molecular weight is 925 g/mol. The summed E-state index contributed by atoms with van der Waals surface area (Å²) in [6.45, 7) is 29.8. The molecule has 1 N–H and O–H groups in total. The van der Waals surface area contributed by atoms with Crippen LogP contribution in [0, 0.1) is 6.92 Å². The number of aryl methyl sites for hydroxylation is 1. The quantitative estimate of drug-likeness (QED) is 0.173. The highest BCUT2D eigenvalue weighted by atomic mass is 16.5. The second kappa shape index (κ2) is 17.1. The molecule has 0 radical (unpaired) electrons. The smallest absolute Gasteiger partial charge is 0.137 e. The molecule has 3 heterocycles. The maximum absolute atomic E-state index is 9.11. The van der Waals surface area contributed by atoms with E-state index in [1.165, 1.54) is 44.5 Å². The van der Waals surface area contributed by atoms with Gasteiger partial charge in [0.1, 0.15) is 17.3 Å². The maximum Gasteiger partial charge on any atom is 0.137 e. The third-order valence-corrected chi connectivity index (χ3v) is 13.9. The number of para-hydroxylation sites is 2. The Balaban J connectivity index is 1.11. The van der Waals surface area contributed by atoms with Gasteiger partial charge in [-0.25, -0.2) is 4.98 Å². The molecule has 7 aromatic carbocycles. The molecule has 1 aliphatic rings. The number of nitrogens with zero attached hydrogens (tertiary/aromatic N) is 3. The molecule has 0 saturated heterocycles. The number of aromatic nitrogens is 2. The first-order valence-corrected chi connectivity index (χ1v) is 24.6. The number of hydrogen-bond acceptors (Lipinski definition) is 4. The molecule has 0 saturated carbocycles. The van der Waals surface area contributed by atoms with E-state index in [2.05, 4.69) is 191 Å². The Kier molecular flexibility index (Phi) is 10.2. The Morgan fingerprint density at radius 1 is 0.543 bits per heavy atom. The Bertz CT molecular complexity index is 3660. The van der Waals surface area contributed by atoms with Crippen LogP contribution >= 0.6 is 0 Å². The van der Waals surface area contributed by atoms with E-state index in [0.29, 0.717) is 45.8 Å². The highest BCUT2D eigenvalue weighted by Gasteiger charge is 2.30. The molecule has 0 atom stereocenters. The first-order valence-electron chi connectivity index (χ1n) is 26.6. The molecule has 10 rings (SSSR count). The minimum Gasteiger partial charge on any atom is -0.457 e. The van der Waals surface area contributed by atoms with E-state index in [0.717, 1.165) is 33.8 Å². The van der Waals surface area contributed by atoms with Gasteiger partial charge in [0.15, 0.2) is 0 Å². The van der Waals surface area contributed by atoms with Gasteiger partial charge in [0.2, 0.25) is 0 Å².